The van der Waals surface area contributed by atoms with Gasteiger partial charge in [-0.05, 0) is 25.0 Å². The van der Waals surface area contributed by atoms with Gasteiger partial charge in [0.15, 0.2) is 0 Å². The lowest BCUT2D eigenvalue weighted by Crippen LogP contribution is -2.25. The van der Waals surface area contributed by atoms with Gasteiger partial charge in [0.05, 0.1) is 31.9 Å². The van der Waals surface area contributed by atoms with Crippen molar-refractivity contribution in [3.63, 3.8) is 0 Å². The number of carbonyl (C=O) groups is 1. The summed E-state index contributed by atoms with van der Waals surface area (Å²) in [5.74, 6) is 0.443. The smallest absolute Gasteiger partial charge is 0.226 e. The summed E-state index contributed by atoms with van der Waals surface area (Å²) in [5, 5.41) is 2.80. The van der Waals surface area contributed by atoms with Crippen LogP contribution in [0.2, 0.25) is 0 Å². The van der Waals surface area contributed by atoms with Gasteiger partial charge in [0.2, 0.25) is 5.91 Å². The van der Waals surface area contributed by atoms with Crippen LogP contribution in [0.5, 0.6) is 5.75 Å². The third kappa shape index (κ3) is 4.91. The van der Waals surface area contributed by atoms with Crippen LogP contribution in [0.3, 0.4) is 0 Å². The van der Waals surface area contributed by atoms with Crippen LogP contribution in [0.25, 0.3) is 0 Å². The van der Waals surface area contributed by atoms with Crippen LogP contribution < -0.4 is 15.8 Å². The molecular formula is C15H22N2O4. The molecule has 1 aliphatic heterocycles. The molecule has 1 aliphatic rings. The van der Waals surface area contributed by atoms with Crippen molar-refractivity contribution in [3.8, 4) is 5.75 Å². The number of benzene rings is 1. The Morgan fingerprint density at radius 2 is 2.19 bits per heavy atom. The Morgan fingerprint density at radius 3 is 2.90 bits per heavy atom. The average Bonchev–Trinajstić information content (AvgIpc) is 2.50. The van der Waals surface area contributed by atoms with Crippen LogP contribution in [-0.4, -0.2) is 38.9 Å². The molecule has 2 rings (SSSR count). The van der Waals surface area contributed by atoms with E-state index in [-0.39, 0.29) is 12.0 Å². The molecule has 3 N–H and O–H groups in total. The van der Waals surface area contributed by atoms with Gasteiger partial charge < -0.3 is 25.3 Å². The molecule has 6 heteroatoms. The highest BCUT2D eigenvalue weighted by Gasteiger charge is 2.15. The largest absolute Gasteiger partial charge is 0.494 e. The molecule has 0 aliphatic carbocycles. The summed E-state index contributed by atoms with van der Waals surface area (Å²) >= 11 is 0. The minimum Gasteiger partial charge on any atom is -0.494 e. The third-order valence-electron chi connectivity index (χ3n) is 3.35. The summed E-state index contributed by atoms with van der Waals surface area (Å²) in [4.78, 5) is 11.9. The van der Waals surface area contributed by atoms with E-state index in [0.29, 0.717) is 30.2 Å². The summed E-state index contributed by atoms with van der Waals surface area (Å²) < 4.78 is 16.1. The van der Waals surface area contributed by atoms with Gasteiger partial charge in [-0.1, -0.05) is 0 Å². The maximum absolute atomic E-state index is 11.9. The number of hydrogen-bond donors (Lipinski definition) is 2. The SMILES string of the molecule is COc1cc(N)ccc1NC(=O)CCOC1CCOCC1. The number of nitrogen functional groups attached to an aromatic ring is 1. The molecule has 116 valence electrons. The van der Waals surface area contributed by atoms with E-state index in [4.69, 9.17) is 19.9 Å². The number of ether oxygens (including phenoxy) is 3. The Labute approximate surface area is 124 Å². The quantitative estimate of drug-likeness (QED) is 0.782. The van der Waals surface area contributed by atoms with Crippen molar-refractivity contribution in [2.24, 2.45) is 0 Å². The van der Waals surface area contributed by atoms with Gasteiger partial charge >= 0.3 is 0 Å². The van der Waals surface area contributed by atoms with Gasteiger partial charge in [-0.2, -0.15) is 0 Å². The standard InChI is InChI=1S/C15H22N2O4/c1-19-14-10-11(16)2-3-13(14)17-15(18)6-9-21-12-4-7-20-8-5-12/h2-3,10,12H,4-9,16H2,1H3,(H,17,18). The van der Waals surface area contributed by atoms with Crippen LogP contribution in [0.15, 0.2) is 18.2 Å². The van der Waals surface area contributed by atoms with E-state index >= 15 is 0 Å². The summed E-state index contributed by atoms with van der Waals surface area (Å²) in [5.41, 5.74) is 6.88. The molecule has 1 heterocycles. The van der Waals surface area contributed by atoms with Crippen molar-refractivity contribution in [2.45, 2.75) is 25.4 Å². The number of carbonyl (C=O) groups excluding carboxylic acids is 1. The molecule has 0 spiro atoms. The first-order valence-corrected chi connectivity index (χ1v) is 7.11. The van der Waals surface area contributed by atoms with Crippen molar-refractivity contribution in [3.05, 3.63) is 18.2 Å². The molecule has 1 aromatic rings. The van der Waals surface area contributed by atoms with E-state index in [1.54, 1.807) is 25.3 Å². The molecule has 0 aromatic heterocycles. The fraction of sp³-hybridized carbons (Fsp3) is 0.533. The van der Waals surface area contributed by atoms with Crippen LogP contribution in [0.4, 0.5) is 11.4 Å². The minimum absolute atomic E-state index is 0.106. The lowest BCUT2D eigenvalue weighted by atomic mass is 10.1. The van der Waals surface area contributed by atoms with Crippen LogP contribution in [-0.2, 0) is 14.3 Å². The number of rotatable bonds is 6. The zero-order valence-corrected chi connectivity index (χ0v) is 12.3. The van der Waals surface area contributed by atoms with E-state index in [1.165, 1.54) is 0 Å². The zero-order chi connectivity index (χ0) is 15.1. The van der Waals surface area contributed by atoms with Gasteiger partial charge in [-0.3, -0.25) is 4.79 Å². The van der Waals surface area contributed by atoms with Gasteiger partial charge in [0.1, 0.15) is 5.75 Å². The highest BCUT2D eigenvalue weighted by Crippen LogP contribution is 2.26. The first kappa shape index (κ1) is 15.6. The highest BCUT2D eigenvalue weighted by atomic mass is 16.5. The average molecular weight is 294 g/mol. The topological polar surface area (TPSA) is 82.8 Å². The lowest BCUT2D eigenvalue weighted by Gasteiger charge is -2.22. The van der Waals surface area contributed by atoms with Crippen LogP contribution >= 0.6 is 0 Å². The zero-order valence-electron chi connectivity index (χ0n) is 12.3. The van der Waals surface area contributed by atoms with Gasteiger partial charge in [0.25, 0.3) is 0 Å². The molecule has 0 atom stereocenters. The summed E-state index contributed by atoms with van der Waals surface area (Å²) in [6, 6.07) is 5.12. The molecule has 1 amide bonds. The first-order chi connectivity index (χ1) is 10.2. The molecule has 0 radical (unpaired) electrons. The Kier molecular flexibility index (Phi) is 5.83. The number of anilines is 2. The Hall–Kier alpha value is -1.79. The predicted molar refractivity (Wildman–Crippen MR) is 80.4 cm³/mol. The maximum atomic E-state index is 11.9. The fourth-order valence-corrected chi connectivity index (χ4v) is 2.18. The van der Waals surface area contributed by atoms with E-state index in [1.807, 2.05) is 0 Å². The van der Waals surface area contributed by atoms with E-state index in [0.717, 1.165) is 26.1 Å². The Bertz CT molecular complexity index is 473. The second-order valence-corrected chi connectivity index (χ2v) is 4.94. The minimum atomic E-state index is -0.106. The molecule has 1 aromatic carbocycles. The molecule has 0 bridgehead atoms. The van der Waals surface area contributed by atoms with Crippen LogP contribution in [0.1, 0.15) is 19.3 Å². The van der Waals surface area contributed by atoms with E-state index in [2.05, 4.69) is 5.32 Å². The first-order valence-electron chi connectivity index (χ1n) is 7.11. The van der Waals surface area contributed by atoms with Crippen molar-refractivity contribution in [1.82, 2.24) is 0 Å². The van der Waals surface area contributed by atoms with E-state index < -0.39 is 0 Å². The number of nitrogens with one attached hydrogen (secondary N) is 1. The van der Waals surface area contributed by atoms with Crippen molar-refractivity contribution < 1.29 is 19.0 Å². The molecule has 21 heavy (non-hydrogen) atoms. The highest BCUT2D eigenvalue weighted by molar-refractivity contribution is 5.92. The monoisotopic (exact) mass is 294 g/mol. The summed E-state index contributed by atoms with van der Waals surface area (Å²) in [6.07, 6.45) is 2.31. The number of nitrogens with two attached hydrogens (primary N) is 1. The van der Waals surface area contributed by atoms with Gasteiger partial charge in [0, 0.05) is 25.0 Å². The maximum Gasteiger partial charge on any atom is 0.226 e. The molecule has 0 saturated carbocycles. The molecular weight excluding hydrogens is 272 g/mol. The summed E-state index contributed by atoms with van der Waals surface area (Å²) in [6.45, 7) is 1.88. The number of hydrogen-bond acceptors (Lipinski definition) is 5. The van der Waals surface area contributed by atoms with Crippen LogP contribution in [0, 0.1) is 0 Å². The lowest BCUT2D eigenvalue weighted by molar-refractivity contribution is -0.118. The Morgan fingerprint density at radius 1 is 1.43 bits per heavy atom. The van der Waals surface area contributed by atoms with Gasteiger partial charge in [-0.15, -0.1) is 0 Å². The number of amides is 1. The molecule has 0 unspecified atom stereocenters. The van der Waals surface area contributed by atoms with Crippen molar-refractivity contribution >= 4 is 17.3 Å². The van der Waals surface area contributed by atoms with Crippen molar-refractivity contribution in [1.29, 1.82) is 0 Å². The summed E-state index contributed by atoms with van der Waals surface area (Å²) in [7, 11) is 1.54. The molecule has 6 nitrogen and oxygen atoms in total. The van der Waals surface area contributed by atoms with Gasteiger partial charge in [-0.25, -0.2) is 0 Å². The third-order valence-corrected chi connectivity index (χ3v) is 3.35. The second-order valence-electron chi connectivity index (χ2n) is 4.94. The molecule has 1 saturated heterocycles. The predicted octanol–water partition coefficient (Wildman–Crippen LogP) is 1.80. The Balaban J connectivity index is 1.76. The second kappa shape index (κ2) is 7.85. The van der Waals surface area contributed by atoms with Crippen molar-refractivity contribution in [2.75, 3.05) is 38.0 Å². The molecule has 1 fully saturated rings. The van der Waals surface area contributed by atoms with E-state index in [9.17, 15) is 4.79 Å². The normalized spacial score (nSPS) is 15.7. The fourth-order valence-electron chi connectivity index (χ4n) is 2.18. The number of methoxy groups -OCH3 is 1.